The lowest BCUT2D eigenvalue weighted by molar-refractivity contribution is -0.136. The molecule has 0 fully saturated rings. The Balaban J connectivity index is 1.71. The van der Waals surface area contributed by atoms with Crippen LogP contribution < -0.4 is 21.3 Å². The molecule has 16 heteroatoms. The van der Waals surface area contributed by atoms with Crippen molar-refractivity contribution in [3.8, 4) is 0 Å². The van der Waals surface area contributed by atoms with Gasteiger partial charge in [-0.1, -0.05) is 55.8 Å². The smallest absolute Gasteiger partial charge is 0.271 e. The first-order valence-corrected chi connectivity index (χ1v) is 17.6. The maximum Gasteiger partial charge on any atom is 0.271 e. The van der Waals surface area contributed by atoms with E-state index in [2.05, 4.69) is 26.3 Å². The molecular weight excluding hydrogens is 701 g/mol. The van der Waals surface area contributed by atoms with Crippen LogP contribution >= 0.6 is 22.9 Å². The number of likely N-dealkylation sites (N-methyl/N-ethyl adjacent to an activating group) is 1. The Morgan fingerprint density at radius 2 is 1.67 bits per heavy atom. The fourth-order valence-corrected chi connectivity index (χ4v) is 6.42. The van der Waals surface area contributed by atoms with Gasteiger partial charge in [-0.05, 0) is 49.9 Å². The number of hydrogen-bond acceptors (Lipinski definition) is 8. The van der Waals surface area contributed by atoms with Gasteiger partial charge in [0.05, 0.1) is 12.6 Å². The average Bonchev–Trinajstić information content (AvgIpc) is 3.58. The average molecular weight is 742 g/mol. The van der Waals surface area contributed by atoms with Crippen molar-refractivity contribution in [3.05, 3.63) is 86.6 Å². The van der Waals surface area contributed by atoms with E-state index in [1.165, 1.54) is 42.1 Å². The summed E-state index contributed by atoms with van der Waals surface area (Å²) in [6.45, 7) is 5.72. The normalized spacial score (nSPS) is 21.7. The highest BCUT2D eigenvalue weighted by molar-refractivity contribution is 7.09. The van der Waals surface area contributed by atoms with Crippen LogP contribution in [0, 0.1) is 11.7 Å². The van der Waals surface area contributed by atoms with Crippen molar-refractivity contribution in [1.29, 1.82) is 0 Å². The highest BCUT2D eigenvalue weighted by atomic mass is 35.5. The molecule has 4 rings (SSSR count). The predicted molar refractivity (Wildman–Crippen MR) is 189 cm³/mol. The molecule has 0 saturated heterocycles. The molecule has 1 aromatic heterocycles. The van der Waals surface area contributed by atoms with Gasteiger partial charge in [0.15, 0.2) is 0 Å². The number of benzene rings is 2. The highest BCUT2D eigenvalue weighted by Crippen LogP contribution is 2.23. The molecule has 272 valence electrons. The molecule has 2 aromatic carbocycles. The molecule has 4 atom stereocenters. The lowest BCUT2D eigenvalue weighted by Gasteiger charge is -2.29. The number of nitrogens with zero attached hydrogens (tertiary/aromatic N) is 3. The minimum atomic E-state index is -1.05. The van der Waals surface area contributed by atoms with E-state index in [4.69, 9.17) is 11.6 Å². The molecule has 0 radical (unpaired) electrons. The molecule has 0 aliphatic carbocycles. The first-order chi connectivity index (χ1) is 24.1. The van der Waals surface area contributed by atoms with E-state index in [9.17, 15) is 33.2 Å². The van der Waals surface area contributed by atoms with E-state index in [-0.39, 0.29) is 35.3 Å². The van der Waals surface area contributed by atoms with Crippen molar-refractivity contribution in [1.82, 2.24) is 36.1 Å². The van der Waals surface area contributed by atoms with Crippen molar-refractivity contribution >= 4 is 58.4 Å². The molecule has 1 aliphatic heterocycles. The summed E-state index contributed by atoms with van der Waals surface area (Å²) >= 11 is 7.17. The van der Waals surface area contributed by atoms with E-state index >= 15 is 0 Å². The second-order valence-corrected chi connectivity index (χ2v) is 14.0. The van der Waals surface area contributed by atoms with Crippen LogP contribution in [0.4, 0.5) is 4.39 Å². The number of carbonyl (C=O) groups excluding carboxylic acids is 6. The van der Waals surface area contributed by atoms with Crippen LogP contribution in [0.1, 0.15) is 65.2 Å². The Hall–Kier alpha value is -4.89. The molecule has 4 N–H and O–H groups in total. The lowest BCUT2D eigenvalue weighted by Crippen LogP contribution is -2.57. The fourth-order valence-electron chi connectivity index (χ4n) is 5.35. The van der Waals surface area contributed by atoms with Crippen LogP contribution in [-0.4, -0.2) is 95.0 Å². The third-order valence-electron chi connectivity index (χ3n) is 8.20. The topological polar surface area (TPSA) is 170 Å². The van der Waals surface area contributed by atoms with Crippen LogP contribution in [0.2, 0.25) is 5.02 Å². The van der Waals surface area contributed by atoms with E-state index in [0.29, 0.717) is 11.4 Å². The summed E-state index contributed by atoms with van der Waals surface area (Å²) < 4.78 is 14.3. The Kier molecular flexibility index (Phi) is 13.2. The summed E-state index contributed by atoms with van der Waals surface area (Å²) in [4.78, 5) is 87.2. The highest BCUT2D eigenvalue weighted by Gasteiger charge is 2.31. The van der Waals surface area contributed by atoms with Gasteiger partial charge in [0.25, 0.3) is 11.8 Å². The van der Waals surface area contributed by atoms with E-state index in [0.717, 1.165) is 29.0 Å². The summed E-state index contributed by atoms with van der Waals surface area (Å²) in [6, 6.07) is 8.77. The van der Waals surface area contributed by atoms with Crippen LogP contribution in [0.15, 0.2) is 53.9 Å². The maximum atomic E-state index is 14.3. The third-order valence-corrected chi connectivity index (χ3v) is 9.38. The quantitative estimate of drug-likeness (QED) is 0.319. The molecule has 2 heterocycles. The lowest BCUT2D eigenvalue weighted by atomic mass is 10.0. The zero-order valence-electron chi connectivity index (χ0n) is 28.9. The van der Waals surface area contributed by atoms with Crippen molar-refractivity contribution in [2.24, 2.45) is 5.92 Å². The van der Waals surface area contributed by atoms with Gasteiger partial charge in [-0.2, -0.15) is 0 Å². The number of hydrogen-bond donors (Lipinski definition) is 4. The largest absolute Gasteiger partial charge is 0.345 e. The van der Waals surface area contributed by atoms with Gasteiger partial charge in [0.1, 0.15) is 34.6 Å². The van der Waals surface area contributed by atoms with Gasteiger partial charge < -0.3 is 31.1 Å². The molecule has 51 heavy (non-hydrogen) atoms. The molecule has 6 amide bonds. The molecular formula is C35H41ClFN7O6S. The SMILES string of the molecule is CC(C)[C@@H]1NC(=O)[C@H](C)NC(=O)c2csc(n2)[C@H](Cc2ccccc2)NC(=O)CN(C(=O)c2cc(F)cc(Cl)c2)CCN(C)C(=O)[C@@H](C)NC1=O. The standard InChI is InChI=1S/C35H41ClFN7O6S/c1-19(2)29-32(48)39-21(4)34(49)43(5)11-12-44(35(50)23-14-24(36)16-25(37)15-23)17-28(45)40-26(13-22-9-7-6-8-10-22)33-41-27(18-51-33)31(47)38-20(3)30(46)42-29/h6-10,14-16,18-21,26,29H,11-13,17H2,1-5H3,(H,38,47)(H,39,48)(H,40,45)(H,42,46)/t20-,21+,26-,29-/m0/s1. The molecule has 13 nitrogen and oxygen atoms in total. The number of aromatic nitrogens is 1. The molecule has 3 aromatic rings. The van der Waals surface area contributed by atoms with Crippen LogP contribution in [-0.2, 0) is 25.6 Å². The van der Waals surface area contributed by atoms with Gasteiger partial charge in [0.2, 0.25) is 23.6 Å². The minimum absolute atomic E-state index is 0.0135. The summed E-state index contributed by atoms with van der Waals surface area (Å²) in [5.74, 6) is -4.78. The summed E-state index contributed by atoms with van der Waals surface area (Å²) in [5.41, 5.74) is 0.779. The van der Waals surface area contributed by atoms with Gasteiger partial charge in [0, 0.05) is 36.1 Å². The Bertz CT molecular complexity index is 1750. The predicted octanol–water partition coefficient (Wildman–Crippen LogP) is 2.71. The van der Waals surface area contributed by atoms with Crippen molar-refractivity contribution in [2.75, 3.05) is 26.7 Å². The monoisotopic (exact) mass is 741 g/mol. The number of fused-ring (bicyclic) bond motifs is 2. The van der Waals surface area contributed by atoms with Crippen molar-refractivity contribution in [3.63, 3.8) is 0 Å². The van der Waals surface area contributed by atoms with Gasteiger partial charge >= 0.3 is 0 Å². The van der Waals surface area contributed by atoms with Gasteiger partial charge in [-0.15, -0.1) is 11.3 Å². The number of thiazole rings is 1. The first kappa shape index (κ1) is 38.9. The molecule has 2 bridgehead atoms. The Morgan fingerprint density at radius 3 is 2.33 bits per heavy atom. The summed E-state index contributed by atoms with van der Waals surface area (Å²) in [5, 5.41) is 12.7. The minimum Gasteiger partial charge on any atom is -0.345 e. The number of carbonyl (C=O) groups is 6. The van der Waals surface area contributed by atoms with Crippen LogP contribution in [0.25, 0.3) is 0 Å². The van der Waals surface area contributed by atoms with Gasteiger partial charge in [-0.25, -0.2) is 9.37 Å². The molecule has 0 saturated carbocycles. The van der Waals surface area contributed by atoms with Crippen LogP contribution in [0.5, 0.6) is 0 Å². The van der Waals surface area contributed by atoms with Crippen LogP contribution in [0.3, 0.4) is 0 Å². The first-order valence-electron chi connectivity index (χ1n) is 16.3. The fraction of sp³-hybridized carbons (Fsp3) is 0.400. The zero-order valence-corrected chi connectivity index (χ0v) is 30.4. The Labute approximate surface area is 304 Å². The molecule has 0 unspecified atom stereocenters. The zero-order chi connectivity index (χ0) is 37.4. The van der Waals surface area contributed by atoms with Gasteiger partial charge in [-0.3, -0.25) is 28.8 Å². The number of halogens is 2. The van der Waals surface area contributed by atoms with E-state index in [1.54, 1.807) is 13.8 Å². The van der Waals surface area contributed by atoms with Crippen molar-refractivity contribution in [2.45, 2.75) is 58.3 Å². The molecule has 1 aliphatic rings. The molecule has 0 spiro atoms. The third kappa shape index (κ3) is 10.6. The summed E-state index contributed by atoms with van der Waals surface area (Å²) in [7, 11) is 1.48. The van der Waals surface area contributed by atoms with Crippen molar-refractivity contribution < 1.29 is 33.2 Å². The maximum absolute atomic E-state index is 14.3. The number of amides is 6. The number of nitrogens with one attached hydrogen (secondary N) is 4. The van der Waals surface area contributed by atoms with E-state index < -0.39 is 72.0 Å². The second kappa shape index (κ2) is 17.4. The summed E-state index contributed by atoms with van der Waals surface area (Å²) in [6.07, 6.45) is 0.292. The second-order valence-electron chi connectivity index (χ2n) is 12.7. The number of rotatable bonds is 4. The Morgan fingerprint density at radius 1 is 0.961 bits per heavy atom. The van der Waals surface area contributed by atoms with E-state index in [1.807, 2.05) is 30.3 Å².